The average Bonchev–Trinajstić information content (AvgIpc) is 2.91. The van der Waals surface area contributed by atoms with Gasteiger partial charge < -0.3 is 0 Å². The van der Waals surface area contributed by atoms with Crippen molar-refractivity contribution in [3.8, 4) is 6.07 Å². The van der Waals surface area contributed by atoms with Crippen LogP contribution in [0, 0.1) is 36.0 Å². The number of benzene rings is 2. The molecule has 0 N–H and O–H groups in total. The molecule has 1 aliphatic carbocycles. The molecule has 0 bridgehead atoms. The molecule has 0 spiro atoms. The second-order valence-electron chi connectivity index (χ2n) is 10.8. The highest BCUT2D eigenvalue weighted by atomic mass is 16.1. The SMILES string of the molecule is CCCC(CCCC(=O)CCc1ccc(C#N)cc1)C1CCC(C(=O)c2ccc(CC)c(C)c2)CC1. The van der Waals surface area contributed by atoms with Crippen LogP contribution in [0.1, 0.15) is 111 Å². The van der Waals surface area contributed by atoms with Gasteiger partial charge in [0.2, 0.25) is 0 Å². The lowest BCUT2D eigenvalue weighted by Gasteiger charge is -2.33. The van der Waals surface area contributed by atoms with Crippen LogP contribution >= 0.6 is 0 Å². The molecule has 3 rings (SSSR count). The second kappa shape index (κ2) is 14.1. The van der Waals surface area contributed by atoms with Gasteiger partial charge in [-0.3, -0.25) is 9.59 Å². The highest BCUT2D eigenvalue weighted by molar-refractivity contribution is 5.98. The quantitative estimate of drug-likeness (QED) is 0.269. The van der Waals surface area contributed by atoms with Gasteiger partial charge in [-0.1, -0.05) is 51.0 Å². The highest BCUT2D eigenvalue weighted by Crippen LogP contribution is 2.39. The van der Waals surface area contributed by atoms with Crippen molar-refractivity contribution in [1.82, 2.24) is 0 Å². The second-order valence-corrected chi connectivity index (χ2v) is 10.8. The number of carbonyl (C=O) groups is 2. The predicted octanol–water partition coefficient (Wildman–Crippen LogP) is 8.21. The van der Waals surface area contributed by atoms with E-state index < -0.39 is 0 Å². The summed E-state index contributed by atoms with van der Waals surface area (Å²) in [4.78, 5) is 25.6. The van der Waals surface area contributed by atoms with Crippen molar-refractivity contribution >= 4 is 11.6 Å². The zero-order valence-corrected chi connectivity index (χ0v) is 22.5. The van der Waals surface area contributed by atoms with E-state index in [9.17, 15) is 9.59 Å². The molecule has 1 atom stereocenters. The Kier molecular flexibility index (Phi) is 10.9. The number of aryl methyl sites for hydroxylation is 3. The summed E-state index contributed by atoms with van der Waals surface area (Å²) in [6.45, 7) is 6.53. The normalized spacial score (nSPS) is 18.4. The maximum atomic E-state index is 13.1. The number of hydrogen-bond acceptors (Lipinski definition) is 3. The first kappa shape index (κ1) is 27.9. The zero-order chi connectivity index (χ0) is 25.9. The molecular formula is C33H43NO2. The molecule has 0 aliphatic heterocycles. The van der Waals surface area contributed by atoms with E-state index in [4.69, 9.17) is 5.26 Å². The third-order valence-electron chi connectivity index (χ3n) is 8.28. The van der Waals surface area contributed by atoms with E-state index in [2.05, 4.69) is 39.0 Å². The van der Waals surface area contributed by atoms with Crippen LogP contribution in [0.4, 0.5) is 0 Å². The van der Waals surface area contributed by atoms with E-state index in [0.29, 0.717) is 41.8 Å². The van der Waals surface area contributed by atoms with Crippen LogP contribution in [0.5, 0.6) is 0 Å². The van der Waals surface area contributed by atoms with Crippen LogP contribution in [0.3, 0.4) is 0 Å². The number of ketones is 2. The van der Waals surface area contributed by atoms with E-state index in [1.165, 1.54) is 24.0 Å². The van der Waals surface area contributed by atoms with Gasteiger partial charge >= 0.3 is 0 Å². The predicted molar refractivity (Wildman–Crippen MR) is 147 cm³/mol. The van der Waals surface area contributed by atoms with Gasteiger partial charge in [0.15, 0.2) is 5.78 Å². The van der Waals surface area contributed by atoms with Crippen molar-refractivity contribution in [3.05, 3.63) is 70.3 Å². The Hall–Kier alpha value is -2.73. The van der Waals surface area contributed by atoms with Gasteiger partial charge in [-0.15, -0.1) is 0 Å². The molecule has 3 nitrogen and oxygen atoms in total. The van der Waals surface area contributed by atoms with E-state index in [-0.39, 0.29) is 5.92 Å². The largest absolute Gasteiger partial charge is 0.300 e. The maximum Gasteiger partial charge on any atom is 0.165 e. The molecule has 36 heavy (non-hydrogen) atoms. The molecule has 192 valence electrons. The van der Waals surface area contributed by atoms with Crippen molar-refractivity contribution in [2.24, 2.45) is 17.8 Å². The van der Waals surface area contributed by atoms with E-state index in [0.717, 1.165) is 62.5 Å². The van der Waals surface area contributed by atoms with Gasteiger partial charge in [0.1, 0.15) is 5.78 Å². The monoisotopic (exact) mass is 485 g/mol. The van der Waals surface area contributed by atoms with E-state index in [1.54, 1.807) is 0 Å². The molecule has 1 unspecified atom stereocenters. The summed E-state index contributed by atoms with van der Waals surface area (Å²) in [5, 5.41) is 8.91. The molecular weight excluding hydrogens is 442 g/mol. The van der Waals surface area contributed by atoms with E-state index >= 15 is 0 Å². The zero-order valence-electron chi connectivity index (χ0n) is 22.5. The minimum absolute atomic E-state index is 0.166. The number of nitriles is 1. The van der Waals surface area contributed by atoms with Crippen LogP contribution in [-0.2, 0) is 17.6 Å². The molecule has 1 aliphatic rings. The standard InChI is InChI=1S/C33H43NO2/c1-4-7-28(8-6-9-32(35)21-14-25-10-12-26(23-34)13-11-25)29-16-18-30(19-17-29)33(36)31-20-15-27(5-2)24(3)22-31/h10-13,15,20,22,28-30H,4-9,14,16-19,21H2,1-3H3. The molecule has 0 heterocycles. The topological polar surface area (TPSA) is 57.9 Å². The van der Waals surface area contributed by atoms with Crippen LogP contribution in [0.25, 0.3) is 0 Å². The lowest BCUT2D eigenvalue weighted by molar-refractivity contribution is -0.119. The maximum absolute atomic E-state index is 13.1. The summed E-state index contributed by atoms with van der Waals surface area (Å²) in [7, 11) is 0. The smallest absolute Gasteiger partial charge is 0.165 e. The Labute approximate surface area is 218 Å². The lowest BCUT2D eigenvalue weighted by atomic mass is 9.71. The van der Waals surface area contributed by atoms with Gasteiger partial charge in [0.05, 0.1) is 11.6 Å². The summed E-state index contributed by atoms with van der Waals surface area (Å²) >= 11 is 0. The third-order valence-corrected chi connectivity index (χ3v) is 8.28. The van der Waals surface area contributed by atoms with Gasteiger partial charge in [0.25, 0.3) is 0 Å². The Morgan fingerprint density at radius 1 is 0.972 bits per heavy atom. The molecule has 2 aromatic rings. The first-order chi connectivity index (χ1) is 17.4. The van der Waals surface area contributed by atoms with Crippen molar-refractivity contribution < 1.29 is 9.59 Å². The fourth-order valence-corrected chi connectivity index (χ4v) is 6.04. The molecule has 3 heteroatoms. The molecule has 0 aromatic heterocycles. The summed E-state index contributed by atoms with van der Waals surface area (Å²) in [6, 6.07) is 15.9. The fraction of sp³-hybridized carbons (Fsp3) is 0.545. The Bertz CT molecular complexity index is 1040. The molecule has 2 aromatic carbocycles. The summed E-state index contributed by atoms with van der Waals surface area (Å²) in [6.07, 6.45) is 11.8. The molecule has 1 fully saturated rings. The number of nitrogens with zero attached hydrogens (tertiary/aromatic N) is 1. The Balaban J connectivity index is 1.43. The van der Waals surface area contributed by atoms with Crippen molar-refractivity contribution in [3.63, 3.8) is 0 Å². The fourth-order valence-electron chi connectivity index (χ4n) is 6.04. The van der Waals surface area contributed by atoms with Gasteiger partial charge in [0, 0.05) is 24.3 Å². The molecule has 0 amide bonds. The van der Waals surface area contributed by atoms with Crippen molar-refractivity contribution in [2.45, 2.75) is 97.8 Å². The number of rotatable bonds is 13. The van der Waals surface area contributed by atoms with Crippen LogP contribution in [0.2, 0.25) is 0 Å². The highest BCUT2D eigenvalue weighted by Gasteiger charge is 2.30. The van der Waals surface area contributed by atoms with E-state index in [1.807, 2.05) is 30.3 Å². The van der Waals surface area contributed by atoms with Crippen LogP contribution in [-0.4, -0.2) is 11.6 Å². The van der Waals surface area contributed by atoms with Gasteiger partial charge in [-0.25, -0.2) is 0 Å². The van der Waals surface area contributed by atoms with Crippen LogP contribution in [0.15, 0.2) is 42.5 Å². The minimum atomic E-state index is 0.166. The van der Waals surface area contributed by atoms with Crippen molar-refractivity contribution in [2.75, 3.05) is 0 Å². The van der Waals surface area contributed by atoms with Gasteiger partial charge in [-0.05, 0) is 105 Å². The first-order valence-electron chi connectivity index (χ1n) is 14.1. The van der Waals surface area contributed by atoms with Gasteiger partial charge in [-0.2, -0.15) is 5.26 Å². The number of hydrogen-bond donors (Lipinski definition) is 0. The summed E-state index contributed by atoms with van der Waals surface area (Å²) in [5.74, 6) is 2.20. The molecule has 0 radical (unpaired) electrons. The molecule has 0 saturated heterocycles. The lowest BCUT2D eigenvalue weighted by Crippen LogP contribution is -2.26. The summed E-state index contributed by atoms with van der Waals surface area (Å²) < 4.78 is 0. The molecule has 1 saturated carbocycles. The Morgan fingerprint density at radius 3 is 2.31 bits per heavy atom. The van der Waals surface area contributed by atoms with Crippen molar-refractivity contribution in [1.29, 1.82) is 5.26 Å². The van der Waals surface area contributed by atoms with Crippen LogP contribution < -0.4 is 0 Å². The Morgan fingerprint density at radius 2 is 1.69 bits per heavy atom. The number of Topliss-reactive ketones (excluding diaryl/α,β-unsaturated/α-hetero) is 2. The first-order valence-corrected chi connectivity index (χ1v) is 14.1. The third kappa shape index (κ3) is 7.89. The minimum Gasteiger partial charge on any atom is -0.300 e. The average molecular weight is 486 g/mol. The summed E-state index contributed by atoms with van der Waals surface area (Å²) in [5.41, 5.74) is 5.22. The number of carbonyl (C=O) groups excluding carboxylic acids is 2.